The van der Waals surface area contributed by atoms with E-state index in [0.29, 0.717) is 5.88 Å². The molecule has 0 saturated carbocycles. The van der Waals surface area contributed by atoms with Crippen molar-refractivity contribution in [1.82, 2.24) is 0 Å². The van der Waals surface area contributed by atoms with Crippen LogP contribution in [-0.2, 0) is 12.5 Å². The van der Waals surface area contributed by atoms with Crippen molar-refractivity contribution in [1.29, 1.82) is 0 Å². The number of hydrogen-bond acceptors (Lipinski definition) is 3. The van der Waals surface area contributed by atoms with Gasteiger partial charge in [0, 0.05) is 21.3 Å². The Morgan fingerprint density at radius 2 is 2.14 bits per heavy atom. The van der Waals surface area contributed by atoms with Gasteiger partial charge >= 0.3 is 0 Å². The fraction of sp³-hybridized carbons (Fsp3) is 0.200. The molecule has 1 aromatic carbocycles. The molecule has 0 atom stereocenters. The highest BCUT2D eigenvalue weighted by atomic mass is 35.5. The number of aliphatic hydroxyl groups excluding tert-OH is 1. The molecule has 4 heteroatoms. The smallest absolute Gasteiger partial charge is 0.134 e. The van der Waals surface area contributed by atoms with E-state index in [4.69, 9.17) is 16.7 Å². The van der Waals surface area contributed by atoms with Gasteiger partial charge in [0.1, 0.15) is 5.75 Å². The summed E-state index contributed by atoms with van der Waals surface area (Å²) in [6.45, 7) is -0.0172. The van der Waals surface area contributed by atoms with E-state index in [1.165, 1.54) is 11.3 Å². The second kappa shape index (κ2) is 3.77. The fourth-order valence-electron chi connectivity index (χ4n) is 1.48. The molecule has 0 radical (unpaired) electrons. The van der Waals surface area contributed by atoms with Crippen molar-refractivity contribution in [2.24, 2.45) is 0 Å². The molecule has 0 amide bonds. The van der Waals surface area contributed by atoms with Crippen molar-refractivity contribution in [3.05, 3.63) is 28.6 Å². The lowest BCUT2D eigenvalue weighted by atomic mass is 10.1. The van der Waals surface area contributed by atoms with Gasteiger partial charge in [-0.05, 0) is 17.2 Å². The predicted octanol–water partition coefficient (Wildman–Crippen LogP) is 2.84. The van der Waals surface area contributed by atoms with Crippen LogP contribution in [0.1, 0.15) is 11.1 Å². The third-order valence-corrected chi connectivity index (χ3v) is 3.54. The fourth-order valence-corrected chi connectivity index (χ4v) is 2.86. The Hall–Kier alpha value is -0.770. The predicted molar refractivity (Wildman–Crippen MR) is 59.0 cm³/mol. The number of thiophene rings is 1. The normalized spacial score (nSPS) is 11.0. The standard InChI is InChI=1S/C10H9ClO2S/c11-3-8-6(4-12)1-2-7-9(13)5-14-10(7)8/h1-2,5,12-13H,3-4H2. The highest BCUT2D eigenvalue weighted by Gasteiger charge is 2.10. The summed E-state index contributed by atoms with van der Waals surface area (Å²) in [5, 5.41) is 21.1. The van der Waals surface area contributed by atoms with Crippen molar-refractivity contribution in [2.45, 2.75) is 12.5 Å². The highest BCUT2D eigenvalue weighted by Crippen LogP contribution is 2.35. The largest absolute Gasteiger partial charge is 0.506 e. The molecule has 74 valence electrons. The molecule has 0 saturated heterocycles. The molecular formula is C10H9ClO2S. The number of alkyl halides is 1. The second-order valence-corrected chi connectivity index (χ2v) is 4.14. The van der Waals surface area contributed by atoms with E-state index >= 15 is 0 Å². The zero-order chi connectivity index (χ0) is 10.1. The molecule has 2 nitrogen and oxygen atoms in total. The SMILES string of the molecule is OCc1ccc2c(O)csc2c1CCl. The van der Waals surface area contributed by atoms with Gasteiger partial charge in [0.25, 0.3) is 0 Å². The Morgan fingerprint density at radius 3 is 2.79 bits per heavy atom. The van der Waals surface area contributed by atoms with E-state index < -0.39 is 0 Å². The molecule has 2 rings (SSSR count). The van der Waals surface area contributed by atoms with Crippen LogP contribution in [-0.4, -0.2) is 10.2 Å². The molecule has 0 aliphatic rings. The number of fused-ring (bicyclic) bond motifs is 1. The van der Waals surface area contributed by atoms with E-state index in [9.17, 15) is 5.11 Å². The van der Waals surface area contributed by atoms with E-state index in [2.05, 4.69) is 0 Å². The molecule has 1 aromatic heterocycles. The zero-order valence-corrected chi connectivity index (χ0v) is 8.90. The third-order valence-electron chi connectivity index (χ3n) is 2.23. The van der Waals surface area contributed by atoms with E-state index in [1.807, 2.05) is 6.07 Å². The van der Waals surface area contributed by atoms with Crippen molar-refractivity contribution in [2.75, 3.05) is 0 Å². The van der Waals surface area contributed by atoms with E-state index in [-0.39, 0.29) is 12.4 Å². The number of aromatic hydroxyl groups is 1. The summed E-state index contributed by atoms with van der Waals surface area (Å²) in [7, 11) is 0. The summed E-state index contributed by atoms with van der Waals surface area (Å²) in [5.74, 6) is 0.633. The van der Waals surface area contributed by atoms with Crippen molar-refractivity contribution < 1.29 is 10.2 Å². The lowest BCUT2D eigenvalue weighted by Gasteiger charge is -2.04. The summed E-state index contributed by atoms with van der Waals surface area (Å²) in [5.41, 5.74) is 1.74. The molecular weight excluding hydrogens is 220 g/mol. The Balaban J connectivity index is 2.77. The molecule has 0 unspecified atom stereocenters. The lowest BCUT2D eigenvalue weighted by Crippen LogP contribution is -1.90. The first-order valence-electron chi connectivity index (χ1n) is 4.15. The first-order valence-corrected chi connectivity index (χ1v) is 5.57. The van der Waals surface area contributed by atoms with Crippen molar-refractivity contribution in [3.63, 3.8) is 0 Å². The maximum atomic E-state index is 9.50. The van der Waals surface area contributed by atoms with Crippen LogP contribution in [0.3, 0.4) is 0 Å². The number of hydrogen-bond donors (Lipinski definition) is 2. The van der Waals surface area contributed by atoms with Crippen LogP contribution in [0, 0.1) is 0 Å². The average Bonchev–Trinajstić information content (AvgIpc) is 2.59. The van der Waals surface area contributed by atoms with Crippen LogP contribution in [0.2, 0.25) is 0 Å². The van der Waals surface area contributed by atoms with Gasteiger partial charge in [0.15, 0.2) is 0 Å². The van der Waals surface area contributed by atoms with Gasteiger partial charge in [-0.25, -0.2) is 0 Å². The Morgan fingerprint density at radius 1 is 1.36 bits per heavy atom. The molecule has 2 N–H and O–H groups in total. The first kappa shape index (κ1) is 9.77. The number of benzene rings is 1. The average molecular weight is 229 g/mol. The molecule has 0 spiro atoms. The van der Waals surface area contributed by atoms with E-state index in [0.717, 1.165) is 21.2 Å². The van der Waals surface area contributed by atoms with Crippen molar-refractivity contribution in [3.8, 4) is 5.75 Å². The van der Waals surface area contributed by atoms with Gasteiger partial charge in [0.2, 0.25) is 0 Å². The van der Waals surface area contributed by atoms with Gasteiger partial charge < -0.3 is 10.2 Å². The summed E-state index contributed by atoms with van der Waals surface area (Å²) >= 11 is 7.26. The highest BCUT2D eigenvalue weighted by molar-refractivity contribution is 7.17. The monoisotopic (exact) mass is 228 g/mol. The van der Waals surface area contributed by atoms with Gasteiger partial charge in [-0.1, -0.05) is 6.07 Å². The molecule has 14 heavy (non-hydrogen) atoms. The van der Waals surface area contributed by atoms with Gasteiger partial charge in [-0.3, -0.25) is 0 Å². The minimum absolute atomic E-state index is 0.0172. The van der Waals surface area contributed by atoms with E-state index in [1.54, 1.807) is 11.4 Å². The maximum Gasteiger partial charge on any atom is 0.134 e. The van der Waals surface area contributed by atoms with Crippen LogP contribution in [0.15, 0.2) is 17.5 Å². The minimum atomic E-state index is -0.0172. The molecule has 2 aromatic rings. The van der Waals surface area contributed by atoms with Crippen LogP contribution < -0.4 is 0 Å². The molecule has 0 aliphatic carbocycles. The van der Waals surface area contributed by atoms with Gasteiger partial charge in [0.05, 0.1) is 6.61 Å². The Kier molecular flexibility index (Phi) is 2.63. The van der Waals surface area contributed by atoms with Crippen molar-refractivity contribution >= 4 is 33.0 Å². The maximum absolute atomic E-state index is 9.50. The molecule has 1 heterocycles. The number of halogens is 1. The number of rotatable bonds is 2. The van der Waals surface area contributed by atoms with Crippen LogP contribution in [0.5, 0.6) is 5.75 Å². The Bertz CT molecular complexity index is 464. The Labute approximate surface area is 90.4 Å². The quantitative estimate of drug-likeness (QED) is 0.776. The minimum Gasteiger partial charge on any atom is -0.506 e. The summed E-state index contributed by atoms with van der Waals surface area (Å²) in [6, 6.07) is 3.61. The van der Waals surface area contributed by atoms with Crippen LogP contribution in [0.25, 0.3) is 10.1 Å². The molecule has 0 fully saturated rings. The van der Waals surface area contributed by atoms with Crippen LogP contribution in [0.4, 0.5) is 0 Å². The third kappa shape index (κ3) is 1.38. The topological polar surface area (TPSA) is 40.5 Å². The molecule has 0 aliphatic heterocycles. The zero-order valence-electron chi connectivity index (χ0n) is 7.33. The summed E-state index contributed by atoms with van der Waals surface area (Å²) in [6.07, 6.45) is 0. The van der Waals surface area contributed by atoms with Crippen LogP contribution >= 0.6 is 22.9 Å². The summed E-state index contributed by atoms with van der Waals surface area (Å²) < 4.78 is 0.962. The summed E-state index contributed by atoms with van der Waals surface area (Å²) in [4.78, 5) is 0. The first-order chi connectivity index (χ1) is 6.77. The molecule has 0 bridgehead atoms. The second-order valence-electron chi connectivity index (χ2n) is 2.99. The van der Waals surface area contributed by atoms with Gasteiger partial charge in [-0.15, -0.1) is 22.9 Å². The lowest BCUT2D eigenvalue weighted by molar-refractivity contribution is 0.281. The number of aliphatic hydroxyl groups is 1. The van der Waals surface area contributed by atoms with Gasteiger partial charge in [-0.2, -0.15) is 0 Å².